The highest BCUT2D eigenvalue weighted by Gasteiger charge is 2.18. The van der Waals surface area contributed by atoms with Gasteiger partial charge >= 0.3 is 0 Å². The first kappa shape index (κ1) is 22.0. The number of carbonyl (C=O) groups is 2. The van der Waals surface area contributed by atoms with Crippen molar-refractivity contribution in [1.82, 2.24) is 9.88 Å². The van der Waals surface area contributed by atoms with Gasteiger partial charge in [-0.05, 0) is 31.2 Å². The maximum Gasteiger partial charge on any atom is 0.244 e. The Bertz CT molecular complexity index is 1050. The number of likely N-dealkylation sites (N-methyl/N-ethyl adjacent to an activating group) is 1. The van der Waals surface area contributed by atoms with Crippen LogP contribution in [0.4, 0.5) is 10.1 Å². The smallest absolute Gasteiger partial charge is 0.244 e. The zero-order valence-corrected chi connectivity index (χ0v) is 17.4. The van der Waals surface area contributed by atoms with Crippen molar-refractivity contribution in [3.8, 4) is 17.1 Å². The lowest BCUT2D eigenvalue weighted by molar-refractivity contribution is -0.134. The van der Waals surface area contributed by atoms with Crippen molar-refractivity contribution in [2.45, 2.75) is 19.8 Å². The summed E-state index contributed by atoms with van der Waals surface area (Å²) in [7, 11) is 1.52. The van der Waals surface area contributed by atoms with E-state index in [2.05, 4.69) is 10.3 Å². The van der Waals surface area contributed by atoms with Gasteiger partial charge in [0.2, 0.25) is 11.8 Å². The van der Waals surface area contributed by atoms with Gasteiger partial charge in [-0.15, -0.1) is 0 Å². The van der Waals surface area contributed by atoms with Crippen LogP contribution in [0.2, 0.25) is 0 Å². The van der Waals surface area contributed by atoms with E-state index in [1.807, 2.05) is 0 Å². The molecule has 1 heterocycles. The van der Waals surface area contributed by atoms with Gasteiger partial charge < -0.3 is 19.4 Å². The number of hydrogen-bond acceptors (Lipinski definition) is 5. The number of carbonyl (C=O) groups excluding carboxylic acids is 2. The number of methoxy groups -OCH3 is 1. The molecule has 0 radical (unpaired) electrons. The number of nitrogens with one attached hydrogen (secondary N) is 1. The molecule has 3 aromatic rings. The van der Waals surface area contributed by atoms with Crippen molar-refractivity contribution >= 4 is 17.5 Å². The standard InChI is InChI=1S/C23H24FN3O4/c1-3-27(15-21(28)26-18-10-6-7-11-19(18)30-2)23(29)13-12-22-25-14-20(31-22)16-8-4-5-9-17(16)24/h4-11,14H,3,12-13,15H2,1-2H3,(H,26,28). The third kappa shape index (κ3) is 5.69. The Balaban J connectivity index is 1.55. The Kier molecular flexibility index (Phi) is 7.37. The van der Waals surface area contributed by atoms with Crippen molar-refractivity contribution in [2.75, 3.05) is 25.5 Å². The number of anilines is 1. The molecule has 3 rings (SSSR count). The average molecular weight is 425 g/mol. The summed E-state index contributed by atoms with van der Waals surface area (Å²) in [4.78, 5) is 30.6. The third-order valence-corrected chi connectivity index (χ3v) is 4.70. The first-order valence-corrected chi connectivity index (χ1v) is 9.92. The maximum absolute atomic E-state index is 13.9. The van der Waals surface area contributed by atoms with Crippen LogP contribution in [0.1, 0.15) is 19.2 Å². The Morgan fingerprint density at radius 3 is 2.65 bits per heavy atom. The zero-order chi connectivity index (χ0) is 22.2. The molecule has 31 heavy (non-hydrogen) atoms. The lowest BCUT2D eigenvalue weighted by Gasteiger charge is -2.20. The van der Waals surface area contributed by atoms with E-state index >= 15 is 0 Å². The van der Waals surface area contributed by atoms with E-state index in [4.69, 9.17) is 9.15 Å². The van der Waals surface area contributed by atoms with Crippen LogP contribution in [0.5, 0.6) is 5.75 Å². The van der Waals surface area contributed by atoms with Gasteiger partial charge in [-0.2, -0.15) is 0 Å². The van der Waals surface area contributed by atoms with Crippen LogP contribution in [-0.4, -0.2) is 41.9 Å². The molecule has 0 aliphatic rings. The minimum atomic E-state index is -0.403. The van der Waals surface area contributed by atoms with Gasteiger partial charge in [-0.3, -0.25) is 9.59 Å². The lowest BCUT2D eigenvalue weighted by atomic mass is 10.2. The molecule has 0 saturated heterocycles. The largest absolute Gasteiger partial charge is 0.495 e. The molecule has 1 N–H and O–H groups in total. The summed E-state index contributed by atoms with van der Waals surface area (Å²) in [5.74, 6) is 0.255. The third-order valence-electron chi connectivity index (χ3n) is 4.70. The summed E-state index contributed by atoms with van der Waals surface area (Å²) in [5, 5.41) is 2.76. The summed E-state index contributed by atoms with van der Waals surface area (Å²) in [6.45, 7) is 2.10. The van der Waals surface area contributed by atoms with E-state index in [-0.39, 0.29) is 31.2 Å². The van der Waals surface area contributed by atoms with Crippen LogP contribution in [-0.2, 0) is 16.0 Å². The highest BCUT2D eigenvalue weighted by Crippen LogP contribution is 2.24. The van der Waals surface area contributed by atoms with Gasteiger partial charge in [-0.1, -0.05) is 24.3 Å². The van der Waals surface area contributed by atoms with Crippen LogP contribution in [0.3, 0.4) is 0 Å². The average Bonchev–Trinajstić information content (AvgIpc) is 3.25. The quantitative estimate of drug-likeness (QED) is 0.562. The fourth-order valence-electron chi connectivity index (χ4n) is 3.07. The fraction of sp³-hybridized carbons (Fsp3) is 0.261. The molecule has 0 bridgehead atoms. The van der Waals surface area contributed by atoms with Crippen LogP contribution in [0, 0.1) is 5.82 Å². The van der Waals surface area contributed by atoms with Crippen LogP contribution >= 0.6 is 0 Å². The number of ether oxygens (including phenoxy) is 1. The molecule has 0 spiro atoms. The zero-order valence-electron chi connectivity index (χ0n) is 17.4. The molecule has 2 amide bonds. The van der Waals surface area contributed by atoms with Gasteiger partial charge in [0.1, 0.15) is 11.6 Å². The Morgan fingerprint density at radius 2 is 1.90 bits per heavy atom. The lowest BCUT2D eigenvalue weighted by Crippen LogP contribution is -2.38. The minimum Gasteiger partial charge on any atom is -0.495 e. The molecule has 7 nitrogen and oxygen atoms in total. The van der Waals surface area contributed by atoms with E-state index in [9.17, 15) is 14.0 Å². The number of oxazole rings is 1. The molecule has 0 aliphatic carbocycles. The second-order valence-electron chi connectivity index (χ2n) is 6.75. The van der Waals surface area contributed by atoms with E-state index in [0.717, 1.165) is 0 Å². The second-order valence-corrected chi connectivity index (χ2v) is 6.75. The first-order chi connectivity index (χ1) is 15.0. The number of aromatic nitrogens is 1. The van der Waals surface area contributed by atoms with Gasteiger partial charge in [-0.25, -0.2) is 9.37 Å². The number of aryl methyl sites for hydroxylation is 1. The van der Waals surface area contributed by atoms with Gasteiger partial charge in [0.15, 0.2) is 11.7 Å². The Labute approximate surface area is 179 Å². The molecule has 0 fully saturated rings. The van der Waals surface area contributed by atoms with Crippen molar-refractivity contribution in [2.24, 2.45) is 0 Å². The normalized spacial score (nSPS) is 10.5. The number of nitrogens with zero attached hydrogens (tertiary/aromatic N) is 2. The number of halogens is 1. The first-order valence-electron chi connectivity index (χ1n) is 9.92. The predicted octanol–water partition coefficient (Wildman–Crippen LogP) is 3.91. The van der Waals surface area contributed by atoms with Gasteiger partial charge in [0.25, 0.3) is 0 Å². The highest BCUT2D eigenvalue weighted by atomic mass is 19.1. The topological polar surface area (TPSA) is 84.7 Å². The minimum absolute atomic E-state index is 0.0839. The molecule has 0 saturated carbocycles. The molecule has 0 unspecified atom stereocenters. The predicted molar refractivity (Wildman–Crippen MR) is 114 cm³/mol. The molecule has 2 aromatic carbocycles. The molecule has 8 heteroatoms. The van der Waals surface area contributed by atoms with Crippen LogP contribution < -0.4 is 10.1 Å². The summed E-state index contributed by atoms with van der Waals surface area (Å²) in [6.07, 6.45) is 1.81. The van der Waals surface area contributed by atoms with Gasteiger partial charge in [0, 0.05) is 19.4 Å². The fourth-order valence-corrected chi connectivity index (χ4v) is 3.07. The molecule has 1 aromatic heterocycles. The van der Waals surface area contributed by atoms with E-state index < -0.39 is 5.82 Å². The Hall–Kier alpha value is -3.68. The summed E-state index contributed by atoms with van der Waals surface area (Å²) in [6, 6.07) is 13.3. The number of rotatable bonds is 9. The van der Waals surface area contributed by atoms with Gasteiger partial charge in [0.05, 0.1) is 31.1 Å². The van der Waals surface area contributed by atoms with E-state index in [0.29, 0.717) is 35.2 Å². The molecule has 162 valence electrons. The second kappa shape index (κ2) is 10.4. The number of para-hydroxylation sites is 2. The maximum atomic E-state index is 13.9. The van der Waals surface area contributed by atoms with Crippen LogP contribution in [0.15, 0.2) is 59.1 Å². The SMILES string of the molecule is CCN(CC(=O)Nc1ccccc1OC)C(=O)CCc1ncc(-c2ccccc2F)o1. The molecule has 0 aliphatic heterocycles. The summed E-state index contributed by atoms with van der Waals surface area (Å²) < 4.78 is 24.7. The van der Waals surface area contributed by atoms with Crippen molar-refractivity contribution in [1.29, 1.82) is 0 Å². The van der Waals surface area contributed by atoms with Crippen molar-refractivity contribution in [3.05, 3.63) is 66.4 Å². The highest BCUT2D eigenvalue weighted by molar-refractivity contribution is 5.95. The number of benzene rings is 2. The molecular weight excluding hydrogens is 401 g/mol. The summed E-state index contributed by atoms with van der Waals surface area (Å²) in [5.41, 5.74) is 0.856. The van der Waals surface area contributed by atoms with Crippen LogP contribution in [0.25, 0.3) is 11.3 Å². The van der Waals surface area contributed by atoms with E-state index in [1.54, 1.807) is 49.4 Å². The number of hydrogen-bond donors (Lipinski definition) is 1. The monoisotopic (exact) mass is 425 g/mol. The molecule has 0 atom stereocenters. The number of amides is 2. The van der Waals surface area contributed by atoms with E-state index in [1.165, 1.54) is 24.3 Å². The molecular formula is C23H24FN3O4. The summed E-state index contributed by atoms with van der Waals surface area (Å²) >= 11 is 0. The van der Waals surface area contributed by atoms with Crippen molar-refractivity contribution < 1.29 is 23.1 Å². The van der Waals surface area contributed by atoms with Crippen molar-refractivity contribution in [3.63, 3.8) is 0 Å². The Morgan fingerprint density at radius 1 is 1.16 bits per heavy atom.